The lowest BCUT2D eigenvalue weighted by molar-refractivity contribution is -0.127. The molecule has 0 bridgehead atoms. The van der Waals surface area contributed by atoms with Crippen LogP contribution in [0.25, 0.3) is 0 Å². The van der Waals surface area contributed by atoms with E-state index in [2.05, 4.69) is 5.32 Å². The van der Waals surface area contributed by atoms with Crippen LogP contribution in [0.4, 0.5) is 0 Å². The molecule has 1 saturated heterocycles. The highest BCUT2D eigenvalue weighted by molar-refractivity contribution is 5.80. The zero-order chi connectivity index (χ0) is 11.5. The number of rotatable bonds is 3. The highest BCUT2D eigenvalue weighted by Crippen LogP contribution is 2.24. The summed E-state index contributed by atoms with van der Waals surface area (Å²) in [7, 11) is 1.82. The SMILES string of the molecule is CN1CC(CNC(=O)C2CCCC2)CC1=O. The van der Waals surface area contributed by atoms with Gasteiger partial charge >= 0.3 is 0 Å². The van der Waals surface area contributed by atoms with Crippen molar-refractivity contribution in [2.75, 3.05) is 20.1 Å². The van der Waals surface area contributed by atoms with Crippen molar-refractivity contribution in [2.45, 2.75) is 32.1 Å². The molecule has 2 fully saturated rings. The second-order valence-electron chi connectivity index (χ2n) is 5.07. The second-order valence-corrected chi connectivity index (χ2v) is 5.07. The normalized spacial score (nSPS) is 26.4. The highest BCUT2D eigenvalue weighted by Gasteiger charge is 2.28. The molecule has 0 aromatic rings. The molecule has 1 heterocycles. The molecule has 0 aromatic heterocycles. The molecule has 4 heteroatoms. The number of likely N-dealkylation sites (tertiary alicyclic amines) is 1. The van der Waals surface area contributed by atoms with Crippen LogP contribution in [0.1, 0.15) is 32.1 Å². The van der Waals surface area contributed by atoms with Crippen molar-refractivity contribution in [1.29, 1.82) is 0 Å². The minimum absolute atomic E-state index is 0.194. The molecule has 2 aliphatic rings. The van der Waals surface area contributed by atoms with Crippen molar-refractivity contribution >= 4 is 11.8 Å². The van der Waals surface area contributed by atoms with Gasteiger partial charge in [-0.1, -0.05) is 12.8 Å². The summed E-state index contributed by atoms with van der Waals surface area (Å²) < 4.78 is 0. The lowest BCUT2D eigenvalue weighted by Gasteiger charge is -2.14. The number of hydrogen-bond donors (Lipinski definition) is 1. The van der Waals surface area contributed by atoms with E-state index in [0.717, 1.165) is 19.4 Å². The summed E-state index contributed by atoms with van der Waals surface area (Å²) in [6.07, 6.45) is 5.03. The van der Waals surface area contributed by atoms with Gasteiger partial charge in [0.05, 0.1) is 0 Å². The highest BCUT2D eigenvalue weighted by atomic mass is 16.2. The molecule has 4 nitrogen and oxygen atoms in total. The predicted octanol–water partition coefficient (Wildman–Crippen LogP) is 0.771. The van der Waals surface area contributed by atoms with Crippen LogP contribution in [0.15, 0.2) is 0 Å². The van der Waals surface area contributed by atoms with E-state index in [0.29, 0.717) is 18.9 Å². The molecule has 2 amide bonds. The Kier molecular flexibility index (Phi) is 3.46. The fraction of sp³-hybridized carbons (Fsp3) is 0.833. The number of carbonyl (C=O) groups excluding carboxylic acids is 2. The van der Waals surface area contributed by atoms with Crippen molar-refractivity contribution in [3.8, 4) is 0 Å². The summed E-state index contributed by atoms with van der Waals surface area (Å²) >= 11 is 0. The van der Waals surface area contributed by atoms with Gasteiger partial charge in [0.1, 0.15) is 0 Å². The van der Waals surface area contributed by atoms with E-state index >= 15 is 0 Å². The molecule has 1 saturated carbocycles. The number of hydrogen-bond acceptors (Lipinski definition) is 2. The topological polar surface area (TPSA) is 49.4 Å². The predicted molar refractivity (Wildman–Crippen MR) is 60.7 cm³/mol. The van der Waals surface area contributed by atoms with E-state index in [4.69, 9.17) is 0 Å². The number of nitrogens with zero attached hydrogens (tertiary/aromatic N) is 1. The molecule has 90 valence electrons. The zero-order valence-corrected chi connectivity index (χ0v) is 9.87. The van der Waals surface area contributed by atoms with Gasteiger partial charge < -0.3 is 10.2 Å². The van der Waals surface area contributed by atoms with Gasteiger partial charge in [-0.25, -0.2) is 0 Å². The Balaban J connectivity index is 1.71. The fourth-order valence-corrected chi connectivity index (χ4v) is 2.67. The average molecular weight is 224 g/mol. The Morgan fingerprint density at radius 1 is 1.44 bits per heavy atom. The molecule has 0 spiro atoms. The average Bonchev–Trinajstić information content (AvgIpc) is 2.86. The summed E-state index contributed by atoms with van der Waals surface area (Å²) in [6.45, 7) is 1.44. The van der Waals surface area contributed by atoms with Crippen molar-refractivity contribution in [3.63, 3.8) is 0 Å². The van der Waals surface area contributed by atoms with Gasteiger partial charge in [-0.2, -0.15) is 0 Å². The van der Waals surface area contributed by atoms with Crippen LogP contribution >= 0.6 is 0 Å². The summed E-state index contributed by atoms with van der Waals surface area (Å²) in [5.74, 6) is 0.928. The van der Waals surface area contributed by atoms with Crippen LogP contribution < -0.4 is 5.32 Å². The monoisotopic (exact) mass is 224 g/mol. The van der Waals surface area contributed by atoms with Crippen molar-refractivity contribution in [2.24, 2.45) is 11.8 Å². The Labute approximate surface area is 96.4 Å². The lowest BCUT2D eigenvalue weighted by atomic mass is 10.1. The largest absolute Gasteiger partial charge is 0.356 e. The van der Waals surface area contributed by atoms with E-state index in [1.165, 1.54) is 12.8 Å². The minimum atomic E-state index is 0.194. The third-order valence-corrected chi connectivity index (χ3v) is 3.71. The van der Waals surface area contributed by atoms with Crippen molar-refractivity contribution in [3.05, 3.63) is 0 Å². The maximum absolute atomic E-state index is 11.8. The van der Waals surface area contributed by atoms with E-state index < -0.39 is 0 Å². The molecule has 1 N–H and O–H groups in total. The molecular weight excluding hydrogens is 204 g/mol. The molecule has 2 rings (SSSR count). The van der Waals surface area contributed by atoms with Crippen molar-refractivity contribution in [1.82, 2.24) is 10.2 Å². The maximum Gasteiger partial charge on any atom is 0.223 e. The van der Waals surface area contributed by atoms with Gasteiger partial charge in [0.25, 0.3) is 0 Å². The van der Waals surface area contributed by atoms with Gasteiger partial charge in [0.15, 0.2) is 0 Å². The van der Waals surface area contributed by atoms with Crippen LogP contribution in [0.2, 0.25) is 0 Å². The number of carbonyl (C=O) groups is 2. The molecular formula is C12H20N2O2. The van der Waals surface area contributed by atoms with E-state index in [1.54, 1.807) is 4.90 Å². The zero-order valence-electron chi connectivity index (χ0n) is 9.87. The first-order valence-corrected chi connectivity index (χ1v) is 6.18. The van der Waals surface area contributed by atoms with Gasteiger partial charge in [0, 0.05) is 38.4 Å². The summed E-state index contributed by atoms with van der Waals surface area (Å²) in [5.41, 5.74) is 0. The molecule has 0 radical (unpaired) electrons. The summed E-state index contributed by atoms with van der Waals surface area (Å²) in [5, 5.41) is 2.99. The van der Waals surface area contributed by atoms with Crippen LogP contribution in [0.5, 0.6) is 0 Å². The number of amides is 2. The Bertz CT molecular complexity index is 285. The molecule has 1 atom stereocenters. The smallest absolute Gasteiger partial charge is 0.223 e. The third kappa shape index (κ3) is 2.54. The lowest BCUT2D eigenvalue weighted by Crippen LogP contribution is -2.34. The first kappa shape index (κ1) is 11.4. The van der Waals surface area contributed by atoms with Crippen LogP contribution in [-0.2, 0) is 9.59 Å². The Hall–Kier alpha value is -1.06. The van der Waals surface area contributed by atoms with E-state index in [1.807, 2.05) is 7.05 Å². The van der Waals surface area contributed by atoms with Crippen LogP contribution in [-0.4, -0.2) is 36.9 Å². The van der Waals surface area contributed by atoms with Crippen molar-refractivity contribution < 1.29 is 9.59 Å². The molecule has 1 unspecified atom stereocenters. The van der Waals surface area contributed by atoms with E-state index in [-0.39, 0.29) is 17.7 Å². The second kappa shape index (κ2) is 4.85. The van der Waals surface area contributed by atoms with Crippen LogP contribution in [0.3, 0.4) is 0 Å². The quantitative estimate of drug-likeness (QED) is 0.770. The summed E-state index contributed by atoms with van der Waals surface area (Å²) in [4.78, 5) is 24.8. The minimum Gasteiger partial charge on any atom is -0.356 e. The standard InChI is InChI=1S/C12H20N2O2/c1-14-8-9(6-11(14)15)7-13-12(16)10-4-2-3-5-10/h9-10H,2-8H2,1H3,(H,13,16). The molecule has 0 aromatic carbocycles. The van der Waals surface area contributed by atoms with Gasteiger partial charge in [-0.05, 0) is 12.8 Å². The van der Waals surface area contributed by atoms with Gasteiger partial charge in [-0.3, -0.25) is 9.59 Å². The van der Waals surface area contributed by atoms with Crippen LogP contribution in [0, 0.1) is 11.8 Å². The molecule has 1 aliphatic carbocycles. The van der Waals surface area contributed by atoms with Gasteiger partial charge in [-0.15, -0.1) is 0 Å². The first-order valence-electron chi connectivity index (χ1n) is 6.18. The Morgan fingerprint density at radius 2 is 2.12 bits per heavy atom. The van der Waals surface area contributed by atoms with Gasteiger partial charge in [0.2, 0.25) is 11.8 Å². The van der Waals surface area contributed by atoms with E-state index in [9.17, 15) is 9.59 Å². The number of nitrogens with one attached hydrogen (secondary N) is 1. The third-order valence-electron chi connectivity index (χ3n) is 3.71. The summed E-state index contributed by atoms with van der Waals surface area (Å²) in [6, 6.07) is 0. The Morgan fingerprint density at radius 3 is 2.69 bits per heavy atom. The first-order chi connectivity index (χ1) is 7.66. The molecule has 1 aliphatic heterocycles. The maximum atomic E-state index is 11.8. The molecule has 16 heavy (non-hydrogen) atoms. The fourth-order valence-electron chi connectivity index (χ4n) is 2.67.